The van der Waals surface area contributed by atoms with E-state index in [2.05, 4.69) is 0 Å². The van der Waals surface area contributed by atoms with Crippen LogP contribution < -0.4 is 28.1 Å². The first-order valence-electron chi connectivity index (χ1n) is 3.68. The largest absolute Gasteiger partial charge is 1.00 e. The molecule has 0 heterocycles. The first-order valence-corrected chi connectivity index (χ1v) is 5.43. The quantitative estimate of drug-likeness (QED) is 0.340. The van der Waals surface area contributed by atoms with Crippen LogP contribution in [0, 0.1) is 11.3 Å². The molecule has 78 valence electrons. The molecule has 2 nitrogen and oxygen atoms in total. The Morgan fingerprint density at radius 1 is 1.54 bits per heavy atom. The number of hydrogen-bond acceptors (Lipinski definition) is 1. The molecule has 0 bridgehead atoms. The van der Waals surface area contributed by atoms with Crippen molar-refractivity contribution in [2.24, 2.45) is 17.1 Å². The summed E-state index contributed by atoms with van der Waals surface area (Å²) in [5.41, 5.74) is 5.30. The Labute approximate surface area is 103 Å². The van der Waals surface area contributed by atoms with Gasteiger partial charge in [-0.1, -0.05) is 13.8 Å². The molecule has 0 aliphatic heterocycles. The maximum atomic E-state index is 6.04. The van der Waals surface area contributed by atoms with Crippen molar-refractivity contribution in [2.45, 2.75) is 18.2 Å². The van der Waals surface area contributed by atoms with Crippen molar-refractivity contribution in [3.8, 4) is 0 Å². The minimum atomic E-state index is -0.602. The highest BCUT2D eigenvalue weighted by Crippen LogP contribution is 2.69. The molecule has 0 amide bonds. The Balaban J connectivity index is 0.00000144. The smallest absolute Gasteiger partial charge is 0.299 e. The van der Waals surface area contributed by atoms with E-state index in [1.807, 2.05) is 13.8 Å². The van der Waals surface area contributed by atoms with Gasteiger partial charge in [-0.2, -0.15) is 0 Å². The minimum absolute atomic E-state index is 0. The lowest BCUT2D eigenvalue weighted by Crippen LogP contribution is -3.00. The SMILES string of the molecule is CC1(C)C(CSC(N)=[NH2+])C1(Cl)Cl.[Br-]. The van der Waals surface area contributed by atoms with Crippen molar-refractivity contribution < 1.29 is 22.4 Å². The van der Waals surface area contributed by atoms with E-state index >= 15 is 0 Å². The highest BCUT2D eigenvalue weighted by atomic mass is 79.9. The molecular weight excluding hydrogens is 295 g/mol. The zero-order valence-corrected chi connectivity index (χ0v) is 11.4. The van der Waals surface area contributed by atoms with Gasteiger partial charge in [-0.05, 0) is 11.8 Å². The predicted octanol–water partition coefficient (Wildman–Crippen LogP) is -2.37. The van der Waals surface area contributed by atoms with Gasteiger partial charge in [0.15, 0.2) is 0 Å². The predicted molar refractivity (Wildman–Crippen MR) is 55.3 cm³/mol. The van der Waals surface area contributed by atoms with Crippen molar-refractivity contribution in [2.75, 3.05) is 5.75 Å². The van der Waals surface area contributed by atoms with Crippen molar-refractivity contribution in [3.05, 3.63) is 0 Å². The Kier molecular flexibility index (Phi) is 4.45. The summed E-state index contributed by atoms with van der Waals surface area (Å²) in [6, 6.07) is 0. The third-order valence-electron chi connectivity index (χ3n) is 2.50. The van der Waals surface area contributed by atoms with Crippen LogP contribution in [0.15, 0.2) is 0 Å². The van der Waals surface area contributed by atoms with Crippen molar-refractivity contribution >= 4 is 40.1 Å². The van der Waals surface area contributed by atoms with Crippen LogP contribution in [0.1, 0.15) is 13.8 Å². The second kappa shape index (κ2) is 4.17. The van der Waals surface area contributed by atoms with E-state index in [9.17, 15) is 0 Å². The maximum Gasteiger partial charge on any atom is 0.299 e. The van der Waals surface area contributed by atoms with Crippen LogP contribution in [0.2, 0.25) is 0 Å². The van der Waals surface area contributed by atoms with Crippen LogP contribution in [-0.2, 0) is 0 Å². The Morgan fingerprint density at radius 3 is 2.15 bits per heavy atom. The summed E-state index contributed by atoms with van der Waals surface area (Å²) >= 11 is 13.5. The highest BCUT2D eigenvalue weighted by Gasteiger charge is 2.69. The molecule has 0 aromatic rings. The molecule has 0 saturated heterocycles. The number of rotatable bonds is 2. The number of alkyl halides is 2. The molecule has 4 N–H and O–H groups in total. The Morgan fingerprint density at radius 2 is 1.92 bits per heavy atom. The number of thioether (sulfide) groups is 1. The van der Waals surface area contributed by atoms with Crippen LogP contribution >= 0.6 is 35.0 Å². The van der Waals surface area contributed by atoms with Gasteiger partial charge < -0.3 is 17.0 Å². The fraction of sp³-hybridized carbons (Fsp3) is 0.857. The van der Waals surface area contributed by atoms with Crippen LogP contribution in [0.4, 0.5) is 0 Å². The standard InChI is InChI=1S/C7H12Cl2N2S.BrH/c1-6(2)4(7(6,8)9)3-12-5(10)11;/h4H,3H2,1-2H3,(H3,10,11);1H. The lowest BCUT2D eigenvalue weighted by atomic mass is 10.1. The summed E-state index contributed by atoms with van der Waals surface area (Å²) in [7, 11) is 0. The Hall–Kier alpha value is 0.880. The van der Waals surface area contributed by atoms with Crippen molar-refractivity contribution in [1.29, 1.82) is 0 Å². The zero-order chi connectivity index (χ0) is 9.57. The summed E-state index contributed by atoms with van der Waals surface area (Å²) in [6.45, 7) is 4.09. The summed E-state index contributed by atoms with van der Waals surface area (Å²) in [4.78, 5) is 0. The van der Waals surface area contributed by atoms with E-state index in [4.69, 9.17) is 34.3 Å². The van der Waals surface area contributed by atoms with E-state index in [1.54, 1.807) is 0 Å². The first kappa shape index (κ1) is 13.9. The topological polar surface area (TPSA) is 51.6 Å². The molecule has 1 saturated carbocycles. The van der Waals surface area contributed by atoms with E-state index in [-0.39, 0.29) is 28.3 Å². The monoisotopic (exact) mass is 306 g/mol. The summed E-state index contributed by atoms with van der Waals surface area (Å²) < 4.78 is -0.602. The maximum absolute atomic E-state index is 6.04. The molecule has 1 unspecified atom stereocenters. The highest BCUT2D eigenvalue weighted by molar-refractivity contribution is 8.13. The number of hydrogen-bond donors (Lipinski definition) is 2. The fourth-order valence-electron chi connectivity index (χ4n) is 1.25. The number of halogens is 3. The molecule has 1 fully saturated rings. The average Bonchev–Trinajstić information content (AvgIpc) is 2.21. The fourth-order valence-corrected chi connectivity index (χ4v) is 3.31. The third kappa shape index (κ3) is 2.46. The van der Waals surface area contributed by atoms with Crippen molar-refractivity contribution in [3.63, 3.8) is 0 Å². The number of nitrogens with two attached hydrogens (primary N) is 2. The third-order valence-corrected chi connectivity index (χ3v) is 4.84. The second-order valence-electron chi connectivity index (χ2n) is 3.61. The Bertz CT molecular complexity index is 207. The second-order valence-corrected chi connectivity index (χ2v) is 6.09. The molecule has 0 spiro atoms. The normalized spacial score (nSPS) is 27.5. The minimum Gasteiger partial charge on any atom is -1.00 e. The molecule has 1 aliphatic rings. The molecule has 1 aliphatic carbocycles. The van der Waals surface area contributed by atoms with Crippen LogP contribution in [0.25, 0.3) is 0 Å². The van der Waals surface area contributed by atoms with E-state index in [0.29, 0.717) is 5.17 Å². The summed E-state index contributed by atoms with van der Waals surface area (Å²) in [6.07, 6.45) is 0. The molecule has 1 rings (SSSR count). The van der Waals surface area contributed by atoms with Gasteiger partial charge >= 0.3 is 0 Å². The molecule has 1 atom stereocenters. The summed E-state index contributed by atoms with van der Waals surface area (Å²) in [5.74, 6) is 1.07. The average molecular weight is 308 g/mol. The van der Waals surface area contributed by atoms with Gasteiger partial charge in [0.2, 0.25) is 0 Å². The molecule has 6 heteroatoms. The van der Waals surface area contributed by atoms with Gasteiger partial charge in [0.05, 0.1) is 0 Å². The molecule has 0 aromatic heterocycles. The molecule has 0 radical (unpaired) electrons. The van der Waals surface area contributed by atoms with Gasteiger partial charge in [0, 0.05) is 17.1 Å². The van der Waals surface area contributed by atoms with Gasteiger partial charge in [-0.25, -0.2) is 0 Å². The van der Waals surface area contributed by atoms with E-state index < -0.39 is 4.33 Å². The van der Waals surface area contributed by atoms with Gasteiger partial charge in [-0.15, -0.1) is 23.2 Å². The van der Waals surface area contributed by atoms with E-state index in [1.165, 1.54) is 11.8 Å². The van der Waals surface area contributed by atoms with Gasteiger partial charge in [0.1, 0.15) is 4.33 Å². The lowest BCUT2D eigenvalue weighted by Gasteiger charge is -1.99. The summed E-state index contributed by atoms with van der Waals surface area (Å²) in [5, 5.41) is 5.69. The lowest BCUT2D eigenvalue weighted by molar-refractivity contribution is -0.110. The molecule has 13 heavy (non-hydrogen) atoms. The van der Waals surface area contributed by atoms with E-state index in [0.717, 1.165) is 5.75 Å². The zero-order valence-electron chi connectivity index (χ0n) is 7.48. The first-order chi connectivity index (χ1) is 5.30. The van der Waals surface area contributed by atoms with Crippen molar-refractivity contribution in [1.82, 2.24) is 0 Å². The van der Waals surface area contributed by atoms with Crippen LogP contribution in [0.5, 0.6) is 0 Å². The van der Waals surface area contributed by atoms with Crippen LogP contribution in [0.3, 0.4) is 0 Å². The van der Waals surface area contributed by atoms with Crippen LogP contribution in [-0.4, -0.2) is 15.3 Å². The molecule has 0 aromatic carbocycles. The van der Waals surface area contributed by atoms with Gasteiger partial charge in [-0.3, -0.25) is 11.1 Å². The molecular formula is C7H13BrCl2N2S. The van der Waals surface area contributed by atoms with Gasteiger partial charge in [0.25, 0.3) is 5.17 Å². The number of amidine groups is 1.